The second-order valence-corrected chi connectivity index (χ2v) is 10.3. The molecule has 3 aromatic rings. The molecule has 19 heteroatoms. The Hall–Kier alpha value is -2.60. The van der Waals surface area contributed by atoms with Gasteiger partial charge in [-0.25, -0.2) is 23.2 Å². The number of halogens is 8. The molecule has 9 nitrogen and oxygen atoms in total. The van der Waals surface area contributed by atoms with Gasteiger partial charge in [-0.1, -0.05) is 23.2 Å². The first-order valence-electron chi connectivity index (χ1n) is 8.48. The Kier molecular flexibility index (Phi) is 6.79. The molecule has 2 N–H and O–H groups in total. The fourth-order valence-electron chi connectivity index (χ4n) is 2.56. The molecule has 2 heterocycles. The minimum absolute atomic E-state index is 0.221. The van der Waals surface area contributed by atoms with E-state index in [0.29, 0.717) is 10.7 Å². The molecule has 3 rings (SSSR count). The largest absolute Gasteiger partial charge is 0.534 e. The van der Waals surface area contributed by atoms with E-state index in [9.17, 15) is 43.2 Å². The van der Waals surface area contributed by atoms with Crippen molar-refractivity contribution in [3.05, 3.63) is 52.3 Å². The maximum Gasteiger partial charge on any atom is 0.534 e. The highest BCUT2D eigenvalue weighted by molar-refractivity contribution is 7.89. The highest BCUT2D eigenvalue weighted by atomic mass is 35.5. The summed E-state index contributed by atoms with van der Waals surface area (Å²) in [4.78, 5) is 3.54. The predicted molar refractivity (Wildman–Crippen MR) is 109 cm³/mol. The lowest BCUT2D eigenvalue weighted by atomic mass is 10.1. The fraction of sp³-hybridized carbons (Fsp3) is 0.125. The van der Waals surface area contributed by atoms with E-state index in [2.05, 4.69) is 14.3 Å². The monoisotopic (exact) mass is 584 g/mol. The summed E-state index contributed by atoms with van der Waals surface area (Å²) in [7, 11) is -10.3. The van der Waals surface area contributed by atoms with E-state index in [4.69, 9.17) is 28.3 Å². The van der Waals surface area contributed by atoms with Gasteiger partial charge in [-0.05, 0) is 30.3 Å². The van der Waals surface area contributed by atoms with Crippen molar-refractivity contribution in [3.8, 4) is 22.7 Å². The number of hydrogen-bond acceptors (Lipinski definition) is 7. The first kappa shape index (κ1) is 27.0. The lowest BCUT2D eigenvalue weighted by Gasteiger charge is -2.12. The van der Waals surface area contributed by atoms with Crippen LogP contribution in [-0.4, -0.2) is 37.1 Å². The summed E-state index contributed by atoms with van der Waals surface area (Å²) < 4.78 is 128. The second-order valence-electron chi connectivity index (χ2n) is 6.45. The molecule has 190 valence electrons. The van der Waals surface area contributed by atoms with Crippen molar-refractivity contribution < 1.29 is 47.4 Å². The first-order valence-corrected chi connectivity index (χ1v) is 12.2. The van der Waals surface area contributed by atoms with Crippen molar-refractivity contribution in [2.45, 2.75) is 16.7 Å². The van der Waals surface area contributed by atoms with Gasteiger partial charge in [-0.3, -0.25) is 0 Å². The molecule has 0 saturated heterocycles. The third-order valence-corrected chi connectivity index (χ3v) is 6.49. The molecular weight excluding hydrogens is 577 g/mol. The number of aromatic nitrogens is 3. The topological polar surface area (TPSA) is 134 Å². The van der Waals surface area contributed by atoms with Crippen LogP contribution in [0.4, 0.5) is 26.3 Å². The molecule has 0 aliphatic rings. The van der Waals surface area contributed by atoms with Gasteiger partial charge in [0.05, 0.1) is 27.6 Å². The molecule has 0 fully saturated rings. The van der Waals surface area contributed by atoms with Gasteiger partial charge < -0.3 is 4.18 Å². The van der Waals surface area contributed by atoms with Gasteiger partial charge in [-0.2, -0.15) is 39.9 Å². The van der Waals surface area contributed by atoms with Gasteiger partial charge in [-0.15, -0.1) is 0 Å². The van der Waals surface area contributed by atoms with E-state index in [1.165, 1.54) is 0 Å². The summed E-state index contributed by atoms with van der Waals surface area (Å²) in [5, 5.41) is 6.03. The van der Waals surface area contributed by atoms with Crippen molar-refractivity contribution in [2.24, 2.45) is 5.14 Å². The number of primary sulfonamides is 1. The van der Waals surface area contributed by atoms with Gasteiger partial charge in [0.2, 0.25) is 0 Å². The van der Waals surface area contributed by atoms with Crippen LogP contribution < -0.4 is 9.32 Å². The lowest BCUT2D eigenvalue weighted by Crippen LogP contribution is -2.28. The molecule has 0 unspecified atom stereocenters. The van der Waals surface area contributed by atoms with Crippen LogP contribution >= 0.6 is 23.2 Å². The SMILES string of the molecule is NS(=O)(=O)c1ccc(-n2nc(C(F)(F)F)c(Cl)c2-c2ccc(OS(=O)(=O)C(F)(F)F)c(Cl)c2)cn1. The Balaban J connectivity index is 2.18. The summed E-state index contributed by atoms with van der Waals surface area (Å²) in [6.07, 6.45) is -4.24. The van der Waals surface area contributed by atoms with E-state index in [1.54, 1.807) is 0 Å². The average Bonchev–Trinajstić information content (AvgIpc) is 3.05. The molecule has 0 aliphatic carbocycles. The zero-order chi connectivity index (χ0) is 26.6. The van der Waals surface area contributed by atoms with Crippen LogP contribution in [0, 0.1) is 0 Å². The number of nitrogens with zero attached hydrogens (tertiary/aromatic N) is 3. The van der Waals surface area contributed by atoms with Crippen LogP contribution in [0.1, 0.15) is 5.69 Å². The Morgan fingerprint density at radius 3 is 2.06 bits per heavy atom. The van der Waals surface area contributed by atoms with Crippen LogP contribution in [0.2, 0.25) is 10.0 Å². The van der Waals surface area contributed by atoms with E-state index in [0.717, 1.165) is 30.5 Å². The highest BCUT2D eigenvalue weighted by Crippen LogP contribution is 2.42. The molecule has 0 atom stereocenters. The standard InChI is InChI=1S/C16H8Cl2F6N4O5S2/c17-9-5-7(1-3-10(9)33-35(31,32)16(22,23)24)13-12(18)14(15(19,20)21)27-28(13)8-2-4-11(26-6-8)34(25,29)30/h1-6H,(H2,25,29,30). The van der Waals surface area contributed by atoms with Crippen LogP contribution in [-0.2, 0) is 26.3 Å². The van der Waals surface area contributed by atoms with E-state index in [1.807, 2.05) is 0 Å². The second kappa shape index (κ2) is 8.81. The van der Waals surface area contributed by atoms with Gasteiger partial charge in [0.15, 0.2) is 16.5 Å². The first-order chi connectivity index (χ1) is 15.8. The van der Waals surface area contributed by atoms with Gasteiger partial charge in [0, 0.05) is 5.56 Å². The Bertz CT molecular complexity index is 1500. The number of pyridine rings is 1. The normalized spacial score (nSPS) is 13.2. The zero-order valence-corrected chi connectivity index (χ0v) is 19.4. The molecule has 35 heavy (non-hydrogen) atoms. The molecule has 0 aliphatic heterocycles. The highest BCUT2D eigenvalue weighted by Gasteiger charge is 2.49. The number of alkyl halides is 6. The molecule has 0 saturated carbocycles. The molecule has 0 amide bonds. The quantitative estimate of drug-likeness (QED) is 0.270. The number of rotatable bonds is 5. The molecule has 0 radical (unpaired) electrons. The van der Waals surface area contributed by atoms with Gasteiger partial charge >= 0.3 is 21.8 Å². The smallest absolute Gasteiger partial charge is 0.374 e. The summed E-state index contributed by atoms with van der Waals surface area (Å²) in [6, 6.07) is 4.20. The number of sulfonamides is 1. The van der Waals surface area contributed by atoms with Crippen LogP contribution in [0.15, 0.2) is 41.6 Å². The van der Waals surface area contributed by atoms with E-state index >= 15 is 0 Å². The number of nitrogens with two attached hydrogens (primary N) is 1. The van der Waals surface area contributed by atoms with Crippen molar-refractivity contribution >= 4 is 43.3 Å². The summed E-state index contributed by atoms with van der Waals surface area (Å²) >= 11 is 11.7. The minimum atomic E-state index is -6.09. The molecule has 2 aromatic heterocycles. The van der Waals surface area contributed by atoms with Gasteiger partial charge in [0.1, 0.15) is 0 Å². The van der Waals surface area contributed by atoms with Gasteiger partial charge in [0.25, 0.3) is 10.0 Å². The minimum Gasteiger partial charge on any atom is -0.374 e. The Morgan fingerprint density at radius 2 is 1.60 bits per heavy atom. The van der Waals surface area contributed by atoms with Crippen molar-refractivity contribution in [1.82, 2.24) is 14.8 Å². The third-order valence-electron chi connectivity index (χ3n) is 4.04. The summed E-state index contributed by atoms with van der Waals surface area (Å²) in [5.41, 5.74) is -8.30. The zero-order valence-electron chi connectivity index (χ0n) is 16.3. The Labute approximate surface area is 202 Å². The van der Waals surface area contributed by atoms with E-state index < -0.39 is 64.0 Å². The number of benzene rings is 1. The number of hydrogen-bond donors (Lipinski definition) is 1. The molecule has 0 spiro atoms. The maximum atomic E-state index is 13.4. The van der Waals surface area contributed by atoms with Crippen molar-refractivity contribution in [2.75, 3.05) is 0 Å². The average molecular weight is 585 g/mol. The fourth-order valence-corrected chi connectivity index (χ4v) is 4.10. The third kappa shape index (κ3) is 5.48. The predicted octanol–water partition coefficient (Wildman–Crippen LogP) is 4.14. The van der Waals surface area contributed by atoms with Crippen LogP contribution in [0.5, 0.6) is 5.75 Å². The maximum absolute atomic E-state index is 13.4. The lowest BCUT2D eigenvalue weighted by molar-refractivity contribution is -0.141. The van der Waals surface area contributed by atoms with Crippen molar-refractivity contribution in [1.29, 1.82) is 0 Å². The summed E-state index contributed by atoms with van der Waals surface area (Å²) in [5.74, 6) is -0.967. The Morgan fingerprint density at radius 1 is 0.971 bits per heavy atom. The van der Waals surface area contributed by atoms with Crippen molar-refractivity contribution in [3.63, 3.8) is 0 Å². The molecule has 1 aromatic carbocycles. The molecule has 0 bridgehead atoms. The van der Waals surface area contributed by atoms with Crippen LogP contribution in [0.25, 0.3) is 16.9 Å². The van der Waals surface area contributed by atoms with E-state index in [-0.39, 0.29) is 11.3 Å². The summed E-state index contributed by atoms with van der Waals surface area (Å²) in [6.45, 7) is 0. The van der Waals surface area contributed by atoms with Crippen LogP contribution in [0.3, 0.4) is 0 Å². The molecular formula is C16H8Cl2F6N4O5S2.